The van der Waals surface area contributed by atoms with Gasteiger partial charge in [-0.05, 0) is 102 Å². The van der Waals surface area contributed by atoms with E-state index in [1.54, 1.807) is 11.6 Å². The molecule has 32 heavy (non-hydrogen) atoms. The molecule has 4 rings (SSSR count). The lowest BCUT2D eigenvalue weighted by atomic mass is 9.45. The van der Waals surface area contributed by atoms with Crippen LogP contribution in [0.2, 0.25) is 0 Å². The van der Waals surface area contributed by atoms with Gasteiger partial charge in [-0.3, -0.25) is 9.59 Å². The molecule has 4 aliphatic carbocycles. The lowest BCUT2D eigenvalue weighted by Gasteiger charge is -2.59. The van der Waals surface area contributed by atoms with Gasteiger partial charge >= 0.3 is 0 Å². The molecule has 0 aliphatic heterocycles. The first-order valence-corrected chi connectivity index (χ1v) is 12.6. The van der Waals surface area contributed by atoms with Gasteiger partial charge in [-0.2, -0.15) is 0 Å². The molecule has 176 valence electrons. The highest BCUT2D eigenvalue weighted by molar-refractivity contribution is 6.03. The highest BCUT2D eigenvalue weighted by Crippen LogP contribution is 2.66. The van der Waals surface area contributed by atoms with Crippen LogP contribution < -0.4 is 5.32 Å². The maximum Gasteiger partial charge on any atom is 0.248 e. The van der Waals surface area contributed by atoms with Gasteiger partial charge < -0.3 is 10.2 Å². The molecule has 1 N–H and O–H groups in total. The summed E-state index contributed by atoms with van der Waals surface area (Å²) in [6.45, 7) is 11.0. The lowest BCUT2D eigenvalue weighted by Crippen LogP contribution is -2.55. The van der Waals surface area contributed by atoms with Crippen LogP contribution in [0, 0.1) is 34.5 Å². The number of hydrogen-bond donors (Lipinski definition) is 1. The van der Waals surface area contributed by atoms with Crippen molar-refractivity contribution in [2.75, 3.05) is 14.1 Å². The van der Waals surface area contributed by atoms with Crippen molar-refractivity contribution in [2.45, 2.75) is 79.2 Å². The number of Topliss-reactive ketones (excluding diaryl/α,β-unsaturated/α-hetero) is 1. The predicted molar refractivity (Wildman–Crippen MR) is 130 cm³/mol. The highest BCUT2D eigenvalue weighted by atomic mass is 16.2. The van der Waals surface area contributed by atoms with Gasteiger partial charge in [-0.25, -0.2) is 0 Å². The number of fused-ring (bicyclic) bond motifs is 5. The second kappa shape index (κ2) is 8.27. The summed E-state index contributed by atoms with van der Waals surface area (Å²) >= 11 is 0. The Morgan fingerprint density at radius 3 is 2.53 bits per heavy atom. The maximum absolute atomic E-state index is 13.4. The molecule has 1 amide bonds. The van der Waals surface area contributed by atoms with E-state index in [4.69, 9.17) is 0 Å². The summed E-state index contributed by atoms with van der Waals surface area (Å²) in [6.07, 6.45) is 12.8. The third-order valence-corrected chi connectivity index (χ3v) is 9.74. The molecule has 2 saturated carbocycles. The van der Waals surface area contributed by atoms with Crippen molar-refractivity contribution in [3.8, 4) is 0 Å². The minimum atomic E-state index is -0.185. The predicted octanol–water partition coefficient (Wildman–Crippen LogP) is 5.27. The second-order valence-electron chi connectivity index (χ2n) is 11.9. The average molecular weight is 439 g/mol. The molecule has 2 fully saturated rings. The van der Waals surface area contributed by atoms with Gasteiger partial charge in [-0.15, -0.1) is 0 Å². The minimum absolute atomic E-state index is 0.0159. The number of nitrogens with zero attached hydrogens (tertiary/aromatic N) is 1. The van der Waals surface area contributed by atoms with Crippen LogP contribution in [-0.2, 0) is 9.59 Å². The molecule has 0 aromatic rings. The van der Waals surface area contributed by atoms with Crippen LogP contribution in [0.1, 0.15) is 73.1 Å². The molecule has 0 spiro atoms. The average Bonchev–Trinajstić information content (AvgIpc) is 3.06. The van der Waals surface area contributed by atoms with Crippen molar-refractivity contribution < 1.29 is 9.59 Å². The number of ketones is 1. The Kier molecular flexibility index (Phi) is 6.07. The summed E-state index contributed by atoms with van der Waals surface area (Å²) in [6, 6.07) is 0.486. The molecular formula is C28H42N2O2. The van der Waals surface area contributed by atoms with Crippen LogP contribution in [0.15, 0.2) is 35.1 Å². The Bertz CT molecular complexity index is 893. The van der Waals surface area contributed by atoms with Gasteiger partial charge in [0.15, 0.2) is 5.78 Å². The van der Waals surface area contributed by atoms with Gasteiger partial charge in [0.25, 0.3) is 0 Å². The number of likely N-dealkylation sites (N-methyl/N-ethyl adjacent to an activating group) is 1. The number of allylic oxidation sites excluding steroid dienone is 4. The van der Waals surface area contributed by atoms with Crippen LogP contribution in [0.3, 0.4) is 0 Å². The van der Waals surface area contributed by atoms with Crippen molar-refractivity contribution in [2.24, 2.45) is 34.5 Å². The largest absolute Gasteiger partial charge is 0.320 e. The Labute approximate surface area is 194 Å². The lowest BCUT2D eigenvalue weighted by molar-refractivity contribution is -0.138. The Balaban J connectivity index is 1.56. The molecule has 0 aromatic heterocycles. The topological polar surface area (TPSA) is 49.4 Å². The number of nitrogens with one attached hydrogen (secondary N) is 1. The first-order chi connectivity index (χ1) is 15.0. The smallest absolute Gasteiger partial charge is 0.248 e. The zero-order valence-corrected chi connectivity index (χ0v) is 21.1. The fourth-order valence-corrected chi connectivity index (χ4v) is 7.86. The Hall–Kier alpha value is -1.68. The van der Waals surface area contributed by atoms with Crippen molar-refractivity contribution >= 4 is 11.7 Å². The van der Waals surface area contributed by atoms with Gasteiger partial charge in [0.2, 0.25) is 5.91 Å². The summed E-state index contributed by atoms with van der Waals surface area (Å²) in [5.74, 6) is 2.00. The number of carbonyl (C=O) groups is 2. The fraction of sp³-hybridized carbons (Fsp3) is 0.714. The molecular weight excluding hydrogens is 396 g/mol. The molecule has 0 heterocycles. The summed E-state index contributed by atoms with van der Waals surface area (Å²) in [5, 5.41) is 2.88. The van der Waals surface area contributed by atoms with E-state index in [1.807, 2.05) is 19.9 Å². The monoisotopic (exact) mass is 438 g/mol. The normalized spacial score (nSPS) is 39.3. The van der Waals surface area contributed by atoms with Gasteiger partial charge in [-0.1, -0.05) is 37.1 Å². The van der Waals surface area contributed by atoms with E-state index in [1.165, 1.54) is 19.3 Å². The van der Waals surface area contributed by atoms with Crippen molar-refractivity contribution in [3.63, 3.8) is 0 Å². The van der Waals surface area contributed by atoms with Crippen molar-refractivity contribution in [3.05, 3.63) is 35.1 Å². The van der Waals surface area contributed by atoms with E-state index in [0.717, 1.165) is 24.8 Å². The van der Waals surface area contributed by atoms with Gasteiger partial charge in [0.1, 0.15) is 0 Å². The Morgan fingerprint density at radius 1 is 1.16 bits per heavy atom. The van der Waals surface area contributed by atoms with Crippen molar-refractivity contribution in [1.82, 2.24) is 10.2 Å². The molecule has 4 heteroatoms. The van der Waals surface area contributed by atoms with Gasteiger partial charge in [0, 0.05) is 18.0 Å². The van der Waals surface area contributed by atoms with E-state index in [2.05, 4.69) is 51.2 Å². The number of hydrogen-bond acceptors (Lipinski definition) is 3. The van der Waals surface area contributed by atoms with E-state index < -0.39 is 0 Å². The summed E-state index contributed by atoms with van der Waals surface area (Å²) in [7, 11) is 4.38. The maximum atomic E-state index is 13.4. The molecule has 5 unspecified atom stereocenters. The molecule has 4 aliphatic rings. The summed E-state index contributed by atoms with van der Waals surface area (Å²) in [4.78, 5) is 28.0. The molecule has 7 atom stereocenters. The van der Waals surface area contributed by atoms with E-state index in [-0.39, 0.29) is 23.0 Å². The fourth-order valence-electron chi connectivity index (χ4n) is 7.86. The summed E-state index contributed by atoms with van der Waals surface area (Å²) in [5.41, 5.74) is 3.42. The zero-order chi connectivity index (χ0) is 23.4. The summed E-state index contributed by atoms with van der Waals surface area (Å²) < 4.78 is 0. The quantitative estimate of drug-likeness (QED) is 0.480. The second-order valence-corrected chi connectivity index (χ2v) is 11.9. The molecule has 0 aromatic carbocycles. The molecule has 0 radical (unpaired) electrons. The third-order valence-electron chi connectivity index (χ3n) is 9.74. The van der Waals surface area contributed by atoms with E-state index in [9.17, 15) is 9.59 Å². The first kappa shape index (κ1) is 23.5. The molecule has 0 saturated heterocycles. The highest BCUT2D eigenvalue weighted by Gasteiger charge is 2.60. The minimum Gasteiger partial charge on any atom is -0.320 e. The molecule has 0 bridgehead atoms. The van der Waals surface area contributed by atoms with Crippen molar-refractivity contribution in [1.29, 1.82) is 0 Å². The van der Waals surface area contributed by atoms with Gasteiger partial charge in [0.05, 0.1) is 5.70 Å². The standard InChI is InChI=1S/C28H42N2O2/c1-17(2)16-25(31)29-24-13-15-28(5)22-12-14-27(4)20(18(3)30(6)7)10-11-21(27)19(22)8-9-23(28)26(24)32/h10,13,16,18-19,21-23H,8-9,11-12,14-15H2,1-7H3,(H,29,31)/t18?,19?,21?,22?,23?,27-,28-/m1/s1. The van der Waals surface area contributed by atoms with E-state index >= 15 is 0 Å². The Morgan fingerprint density at radius 2 is 1.88 bits per heavy atom. The number of rotatable bonds is 4. The SMILES string of the molecule is CC(C)=CC(=O)NC1=CC[C@@]2(C)C(CCC3C2CC[C@]2(C)C(C(C)N(C)C)=CCC32)C1=O. The van der Waals surface area contributed by atoms with Crippen LogP contribution in [0.25, 0.3) is 0 Å². The first-order valence-electron chi connectivity index (χ1n) is 12.6. The van der Waals surface area contributed by atoms with Crippen LogP contribution in [-0.4, -0.2) is 36.7 Å². The zero-order valence-electron chi connectivity index (χ0n) is 21.1. The van der Waals surface area contributed by atoms with E-state index in [0.29, 0.717) is 34.9 Å². The van der Waals surface area contributed by atoms with Crippen LogP contribution in [0.5, 0.6) is 0 Å². The number of carbonyl (C=O) groups excluding carboxylic acids is 2. The molecule has 4 nitrogen and oxygen atoms in total. The van der Waals surface area contributed by atoms with Crippen LogP contribution >= 0.6 is 0 Å². The third kappa shape index (κ3) is 3.63. The number of amides is 1. The van der Waals surface area contributed by atoms with Crippen LogP contribution in [0.4, 0.5) is 0 Å².